The predicted octanol–water partition coefficient (Wildman–Crippen LogP) is 3.25. The Morgan fingerprint density at radius 3 is 2.42 bits per heavy atom. The Balaban J connectivity index is 2.01. The number of anilines is 1. The molecule has 0 aliphatic heterocycles. The summed E-state index contributed by atoms with van der Waals surface area (Å²) in [6.45, 7) is -0.196. The van der Waals surface area contributed by atoms with Gasteiger partial charge in [-0.3, -0.25) is 4.79 Å². The highest BCUT2D eigenvalue weighted by Crippen LogP contribution is 2.35. The Kier molecular flexibility index (Phi) is 5.88. The molecule has 1 N–H and O–H groups in total. The summed E-state index contributed by atoms with van der Waals surface area (Å²) in [4.78, 5) is 12.0. The number of nitrogens with one attached hydrogen (secondary N) is 1. The molecule has 0 atom stereocenters. The van der Waals surface area contributed by atoms with Crippen molar-refractivity contribution in [1.29, 1.82) is 5.26 Å². The van der Waals surface area contributed by atoms with Crippen molar-refractivity contribution in [2.24, 2.45) is 0 Å². The van der Waals surface area contributed by atoms with E-state index in [-0.39, 0.29) is 12.5 Å². The number of carbonyl (C=O) groups is 1. The molecule has 0 heterocycles. The molecule has 0 spiro atoms. The van der Waals surface area contributed by atoms with Crippen LogP contribution in [-0.4, -0.2) is 26.7 Å². The molecular weight excluding hydrogens is 332 g/mol. The first-order valence-corrected chi connectivity index (χ1v) is 7.29. The molecule has 0 aliphatic carbocycles. The average Bonchev–Trinajstić information content (AvgIpc) is 2.60. The maximum absolute atomic E-state index is 12.0. The second-order valence-corrected chi connectivity index (χ2v) is 5.07. The van der Waals surface area contributed by atoms with Gasteiger partial charge in [-0.15, -0.1) is 0 Å². The summed E-state index contributed by atoms with van der Waals surface area (Å²) in [5.41, 5.74) is 0.932. The van der Waals surface area contributed by atoms with Gasteiger partial charge in [0.05, 0.1) is 36.6 Å². The number of carbonyl (C=O) groups excluding carboxylic acids is 1. The minimum absolute atomic E-state index is 0.196. The Labute approximate surface area is 144 Å². The molecule has 0 unspecified atom stereocenters. The van der Waals surface area contributed by atoms with Crippen molar-refractivity contribution in [3.05, 3.63) is 47.0 Å². The summed E-state index contributed by atoms with van der Waals surface area (Å²) in [5, 5.41) is 11.7. The maximum Gasteiger partial charge on any atom is 0.262 e. The van der Waals surface area contributed by atoms with Crippen LogP contribution in [0.1, 0.15) is 5.56 Å². The third-order valence-electron chi connectivity index (χ3n) is 3.10. The molecule has 0 radical (unpaired) electrons. The fourth-order valence-corrected chi connectivity index (χ4v) is 2.16. The number of hydrogen-bond donors (Lipinski definition) is 1. The fourth-order valence-electron chi connectivity index (χ4n) is 1.92. The number of nitriles is 1. The van der Waals surface area contributed by atoms with Crippen molar-refractivity contribution in [2.75, 3.05) is 26.1 Å². The monoisotopic (exact) mass is 346 g/mol. The van der Waals surface area contributed by atoms with Gasteiger partial charge in [-0.1, -0.05) is 11.6 Å². The first-order chi connectivity index (χ1) is 11.6. The van der Waals surface area contributed by atoms with Crippen molar-refractivity contribution in [3.8, 4) is 23.3 Å². The van der Waals surface area contributed by atoms with Crippen LogP contribution in [0.2, 0.25) is 5.02 Å². The van der Waals surface area contributed by atoms with E-state index in [4.69, 9.17) is 31.1 Å². The molecule has 0 fully saturated rings. The molecule has 124 valence electrons. The SMILES string of the molecule is COc1cc(OC)c(NC(=O)COc2ccc(C#N)cc2)cc1Cl. The first-order valence-electron chi connectivity index (χ1n) is 6.91. The number of nitrogens with zero attached hydrogens (tertiary/aromatic N) is 1. The summed E-state index contributed by atoms with van der Waals surface area (Å²) in [6, 6.07) is 11.6. The lowest BCUT2D eigenvalue weighted by Gasteiger charge is -2.13. The molecule has 0 saturated heterocycles. The molecule has 0 aromatic heterocycles. The zero-order valence-electron chi connectivity index (χ0n) is 13.1. The van der Waals surface area contributed by atoms with Gasteiger partial charge in [0.25, 0.3) is 5.91 Å². The largest absolute Gasteiger partial charge is 0.495 e. The summed E-state index contributed by atoms with van der Waals surface area (Å²) >= 11 is 6.05. The number of hydrogen-bond acceptors (Lipinski definition) is 5. The molecule has 2 aromatic rings. The molecular formula is C17H15ClN2O4. The highest BCUT2D eigenvalue weighted by Gasteiger charge is 2.13. The van der Waals surface area contributed by atoms with Gasteiger partial charge < -0.3 is 19.5 Å². The van der Waals surface area contributed by atoms with Gasteiger partial charge in [0.2, 0.25) is 0 Å². The van der Waals surface area contributed by atoms with Gasteiger partial charge in [0, 0.05) is 6.07 Å². The van der Waals surface area contributed by atoms with E-state index in [9.17, 15) is 4.79 Å². The van der Waals surface area contributed by atoms with E-state index in [0.29, 0.717) is 33.5 Å². The van der Waals surface area contributed by atoms with E-state index in [1.54, 1.807) is 36.4 Å². The van der Waals surface area contributed by atoms with Gasteiger partial charge in [-0.05, 0) is 30.3 Å². The minimum Gasteiger partial charge on any atom is -0.495 e. The van der Waals surface area contributed by atoms with Gasteiger partial charge in [0.15, 0.2) is 6.61 Å². The summed E-state index contributed by atoms with van der Waals surface area (Å²) in [5.74, 6) is 0.978. The average molecular weight is 347 g/mol. The van der Waals surface area contributed by atoms with Crippen molar-refractivity contribution >= 4 is 23.2 Å². The number of methoxy groups -OCH3 is 2. The third kappa shape index (κ3) is 4.31. The number of benzene rings is 2. The lowest BCUT2D eigenvalue weighted by molar-refractivity contribution is -0.118. The normalized spacial score (nSPS) is 9.75. The predicted molar refractivity (Wildman–Crippen MR) is 89.8 cm³/mol. The van der Waals surface area contributed by atoms with Crippen LogP contribution in [0.25, 0.3) is 0 Å². The molecule has 7 heteroatoms. The van der Waals surface area contributed by atoms with Crippen LogP contribution in [0.15, 0.2) is 36.4 Å². The second-order valence-electron chi connectivity index (χ2n) is 4.66. The molecule has 1 amide bonds. The number of rotatable bonds is 6. The van der Waals surface area contributed by atoms with Crippen LogP contribution in [0.4, 0.5) is 5.69 Å². The van der Waals surface area contributed by atoms with Gasteiger partial charge in [-0.2, -0.15) is 5.26 Å². The number of halogens is 1. The van der Waals surface area contributed by atoms with Gasteiger partial charge in [0.1, 0.15) is 17.2 Å². The lowest BCUT2D eigenvalue weighted by atomic mass is 10.2. The zero-order valence-corrected chi connectivity index (χ0v) is 13.9. The van der Waals surface area contributed by atoms with Crippen LogP contribution in [0.5, 0.6) is 17.2 Å². The molecule has 0 bridgehead atoms. The third-order valence-corrected chi connectivity index (χ3v) is 3.40. The highest BCUT2D eigenvalue weighted by molar-refractivity contribution is 6.32. The fraction of sp³-hybridized carbons (Fsp3) is 0.176. The first kappa shape index (κ1) is 17.4. The van der Waals surface area contributed by atoms with Crippen LogP contribution in [0, 0.1) is 11.3 Å². The second kappa shape index (κ2) is 8.09. The van der Waals surface area contributed by atoms with E-state index in [2.05, 4.69) is 5.32 Å². The van der Waals surface area contributed by atoms with Crippen molar-refractivity contribution < 1.29 is 19.0 Å². The van der Waals surface area contributed by atoms with Crippen LogP contribution >= 0.6 is 11.6 Å². The standard InChI is InChI=1S/C17H15ClN2O4/c1-22-15-8-16(23-2)14(7-13(15)18)20-17(21)10-24-12-5-3-11(9-19)4-6-12/h3-8H,10H2,1-2H3,(H,20,21). The van der Waals surface area contributed by atoms with E-state index in [0.717, 1.165) is 0 Å². The van der Waals surface area contributed by atoms with Crippen LogP contribution < -0.4 is 19.5 Å². The minimum atomic E-state index is -0.376. The van der Waals surface area contributed by atoms with Crippen molar-refractivity contribution in [2.45, 2.75) is 0 Å². The molecule has 0 saturated carbocycles. The van der Waals surface area contributed by atoms with E-state index in [1.165, 1.54) is 14.2 Å². The highest BCUT2D eigenvalue weighted by atomic mass is 35.5. The maximum atomic E-state index is 12.0. The Bertz CT molecular complexity index is 769. The number of amides is 1. The lowest BCUT2D eigenvalue weighted by Crippen LogP contribution is -2.20. The molecule has 0 aliphatic rings. The Hall–Kier alpha value is -2.91. The molecule has 24 heavy (non-hydrogen) atoms. The van der Waals surface area contributed by atoms with E-state index >= 15 is 0 Å². The molecule has 6 nitrogen and oxygen atoms in total. The molecule has 2 aromatic carbocycles. The van der Waals surface area contributed by atoms with Gasteiger partial charge in [-0.25, -0.2) is 0 Å². The summed E-state index contributed by atoms with van der Waals surface area (Å²) in [7, 11) is 2.97. The quantitative estimate of drug-likeness (QED) is 0.868. The van der Waals surface area contributed by atoms with Crippen molar-refractivity contribution in [3.63, 3.8) is 0 Å². The smallest absolute Gasteiger partial charge is 0.262 e. The van der Waals surface area contributed by atoms with Crippen LogP contribution in [0.3, 0.4) is 0 Å². The summed E-state index contributed by atoms with van der Waals surface area (Å²) in [6.07, 6.45) is 0. The van der Waals surface area contributed by atoms with Crippen LogP contribution in [-0.2, 0) is 4.79 Å². The summed E-state index contributed by atoms with van der Waals surface area (Å²) < 4.78 is 15.7. The molecule has 2 rings (SSSR count). The van der Waals surface area contributed by atoms with Gasteiger partial charge >= 0.3 is 0 Å². The van der Waals surface area contributed by atoms with E-state index in [1.807, 2.05) is 6.07 Å². The number of ether oxygens (including phenoxy) is 3. The zero-order chi connectivity index (χ0) is 17.5. The Morgan fingerprint density at radius 2 is 1.83 bits per heavy atom. The van der Waals surface area contributed by atoms with Crippen molar-refractivity contribution in [1.82, 2.24) is 0 Å². The van der Waals surface area contributed by atoms with E-state index < -0.39 is 0 Å². The Morgan fingerprint density at radius 1 is 1.17 bits per heavy atom. The topological polar surface area (TPSA) is 80.6 Å².